The van der Waals surface area contributed by atoms with Crippen LogP contribution >= 0.6 is 23.2 Å². The Morgan fingerprint density at radius 2 is 1.90 bits per heavy atom. The van der Waals surface area contributed by atoms with Gasteiger partial charge in [0.2, 0.25) is 0 Å². The zero-order chi connectivity index (χ0) is 14.1. The molecule has 3 rings (SSSR count). The van der Waals surface area contributed by atoms with Crippen LogP contribution in [-0.4, -0.2) is 15.4 Å². The molecule has 0 saturated carbocycles. The lowest BCUT2D eigenvalue weighted by molar-refractivity contribution is 0.630. The Kier molecular flexibility index (Phi) is 3.64. The van der Waals surface area contributed by atoms with Crippen molar-refractivity contribution in [3.63, 3.8) is 0 Å². The third kappa shape index (κ3) is 2.28. The predicted molar refractivity (Wildman–Crippen MR) is 80.5 cm³/mol. The van der Waals surface area contributed by atoms with Crippen molar-refractivity contribution in [2.75, 3.05) is 5.88 Å². The van der Waals surface area contributed by atoms with E-state index in [2.05, 4.69) is 4.98 Å². The monoisotopic (exact) mass is 308 g/mol. The van der Waals surface area contributed by atoms with Crippen molar-refractivity contribution >= 4 is 34.2 Å². The Labute approximate surface area is 125 Å². The number of imidazole rings is 1. The fourth-order valence-electron chi connectivity index (χ4n) is 2.24. The Morgan fingerprint density at radius 3 is 2.60 bits per heavy atom. The first-order chi connectivity index (χ1) is 9.70. The number of hydrogen-bond acceptors (Lipinski definition) is 1. The van der Waals surface area contributed by atoms with Gasteiger partial charge in [-0.1, -0.05) is 29.8 Å². The average molecular weight is 309 g/mol. The standard InChI is InChI=1S/C15H11Cl2FN2/c16-7-6-15-19-13-9-12(18)11(17)8-14(13)20(15)10-4-2-1-3-5-10/h1-5,8-9H,6-7H2. The second kappa shape index (κ2) is 5.43. The number of aryl methyl sites for hydroxylation is 1. The molecular formula is C15H11Cl2FN2. The lowest BCUT2D eigenvalue weighted by Crippen LogP contribution is -2.01. The van der Waals surface area contributed by atoms with E-state index in [0.717, 1.165) is 17.0 Å². The zero-order valence-electron chi connectivity index (χ0n) is 10.5. The lowest BCUT2D eigenvalue weighted by atomic mass is 10.2. The van der Waals surface area contributed by atoms with Crippen LogP contribution in [0, 0.1) is 5.82 Å². The van der Waals surface area contributed by atoms with Crippen molar-refractivity contribution in [3.05, 3.63) is 59.1 Å². The highest BCUT2D eigenvalue weighted by Crippen LogP contribution is 2.27. The van der Waals surface area contributed by atoms with Crippen molar-refractivity contribution in [2.45, 2.75) is 6.42 Å². The minimum atomic E-state index is -0.464. The molecule has 2 nitrogen and oxygen atoms in total. The van der Waals surface area contributed by atoms with Crippen molar-refractivity contribution in [1.82, 2.24) is 9.55 Å². The smallest absolute Gasteiger partial charge is 0.144 e. The first-order valence-corrected chi connectivity index (χ1v) is 7.09. The van der Waals surface area contributed by atoms with Crippen LogP contribution in [0.15, 0.2) is 42.5 Å². The maximum Gasteiger partial charge on any atom is 0.144 e. The van der Waals surface area contributed by atoms with Crippen LogP contribution in [0.4, 0.5) is 4.39 Å². The summed E-state index contributed by atoms with van der Waals surface area (Å²) in [5, 5.41) is 0.0898. The number of hydrogen-bond donors (Lipinski definition) is 0. The number of aromatic nitrogens is 2. The topological polar surface area (TPSA) is 17.8 Å². The molecule has 5 heteroatoms. The minimum absolute atomic E-state index is 0.0898. The van der Waals surface area contributed by atoms with Gasteiger partial charge in [0.05, 0.1) is 16.1 Å². The quantitative estimate of drug-likeness (QED) is 0.647. The van der Waals surface area contributed by atoms with Crippen molar-refractivity contribution in [2.24, 2.45) is 0 Å². The van der Waals surface area contributed by atoms with Gasteiger partial charge in [-0.05, 0) is 18.2 Å². The Morgan fingerprint density at radius 1 is 1.15 bits per heavy atom. The van der Waals surface area contributed by atoms with Gasteiger partial charge >= 0.3 is 0 Å². The van der Waals surface area contributed by atoms with Gasteiger partial charge in [0.25, 0.3) is 0 Å². The van der Waals surface area contributed by atoms with E-state index >= 15 is 0 Å². The van der Waals surface area contributed by atoms with E-state index in [9.17, 15) is 4.39 Å². The summed E-state index contributed by atoms with van der Waals surface area (Å²) in [5.41, 5.74) is 2.32. The van der Waals surface area contributed by atoms with E-state index < -0.39 is 5.82 Å². The summed E-state index contributed by atoms with van der Waals surface area (Å²) in [5.74, 6) is 0.781. The fraction of sp³-hybridized carbons (Fsp3) is 0.133. The summed E-state index contributed by atoms with van der Waals surface area (Å²) in [6.45, 7) is 0. The molecular weight excluding hydrogens is 298 g/mol. The van der Waals surface area contributed by atoms with Gasteiger partial charge in [-0.2, -0.15) is 0 Å². The van der Waals surface area contributed by atoms with E-state index in [-0.39, 0.29) is 5.02 Å². The van der Waals surface area contributed by atoms with E-state index in [4.69, 9.17) is 23.2 Å². The van der Waals surface area contributed by atoms with Gasteiger partial charge in [-0.15, -0.1) is 11.6 Å². The Balaban J connectivity index is 2.32. The molecule has 0 aliphatic rings. The lowest BCUT2D eigenvalue weighted by Gasteiger charge is -2.08. The van der Waals surface area contributed by atoms with Gasteiger partial charge in [-0.3, -0.25) is 4.57 Å². The largest absolute Gasteiger partial charge is 0.296 e. The van der Waals surface area contributed by atoms with Gasteiger partial charge in [-0.25, -0.2) is 9.37 Å². The highest BCUT2D eigenvalue weighted by Gasteiger charge is 2.14. The molecule has 0 aliphatic heterocycles. The van der Waals surface area contributed by atoms with Crippen LogP contribution in [0.2, 0.25) is 5.02 Å². The molecule has 1 aromatic heterocycles. The number of fused-ring (bicyclic) bond motifs is 1. The maximum absolute atomic E-state index is 13.6. The molecule has 20 heavy (non-hydrogen) atoms. The molecule has 0 saturated heterocycles. The number of para-hydroxylation sites is 1. The summed E-state index contributed by atoms with van der Waals surface area (Å²) >= 11 is 11.7. The third-order valence-corrected chi connectivity index (χ3v) is 3.58. The van der Waals surface area contributed by atoms with Crippen LogP contribution < -0.4 is 0 Å². The number of alkyl halides is 1. The minimum Gasteiger partial charge on any atom is -0.296 e. The van der Waals surface area contributed by atoms with Gasteiger partial charge in [0.1, 0.15) is 11.6 Å². The van der Waals surface area contributed by atoms with E-state index in [1.165, 1.54) is 6.07 Å². The molecule has 2 aromatic carbocycles. The zero-order valence-corrected chi connectivity index (χ0v) is 12.0. The highest BCUT2D eigenvalue weighted by atomic mass is 35.5. The molecule has 0 amide bonds. The Hall–Kier alpha value is -1.58. The molecule has 0 aliphatic carbocycles. The molecule has 0 N–H and O–H groups in total. The third-order valence-electron chi connectivity index (χ3n) is 3.10. The van der Waals surface area contributed by atoms with Crippen LogP contribution in [0.5, 0.6) is 0 Å². The van der Waals surface area contributed by atoms with E-state index in [1.54, 1.807) is 6.07 Å². The summed E-state index contributed by atoms with van der Waals surface area (Å²) in [4.78, 5) is 4.46. The molecule has 0 unspecified atom stereocenters. The molecule has 0 bridgehead atoms. The van der Waals surface area contributed by atoms with E-state index in [0.29, 0.717) is 17.8 Å². The molecule has 1 heterocycles. The van der Waals surface area contributed by atoms with Crippen LogP contribution in [0.25, 0.3) is 16.7 Å². The van der Waals surface area contributed by atoms with Crippen molar-refractivity contribution in [1.29, 1.82) is 0 Å². The van der Waals surface area contributed by atoms with Gasteiger partial charge < -0.3 is 0 Å². The number of benzene rings is 2. The molecule has 0 atom stereocenters. The van der Waals surface area contributed by atoms with E-state index in [1.807, 2.05) is 34.9 Å². The molecule has 0 fully saturated rings. The first kappa shape index (κ1) is 13.4. The average Bonchev–Trinajstić information content (AvgIpc) is 2.78. The summed E-state index contributed by atoms with van der Waals surface area (Å²) in [6.07, 6.45) is 0.602. The molecule has 3 aromatic rings. The number of halogens is 3. The second-order valence-corrected chi connectivity index (χ2v) is 5.18. The first-order valence-electron chi connectivity index (χ1n) is 6.18. The SMILES string of the molecule is Fc1cc2nc(CCCl)n(-c3ccccc3)c2cc1Cl. The normalized spacial score (nSPS) is 11.2. The summed E-state index contributed by atoms with van der Waals surface area (Å²) in [6, 6.07) is 12.7. The predicted octanol–water partition coefficient (Wildman–Crippen LogP) is 4.60. The van der Waals surface area contributed by atoms with Gasteiger partial charge in [0.15, 0.2) is 0 Å². The molecule has 0 radical (unpaired) electrons. The van der Waals surface area contributed by atoms with Crippen LogP contribution in [-0.2, 0) is 6.42 Å². The number of rotatable bonds is 3. The van der Waals surface area contributed by atoms with Crippen molar-refractivity contribution in [3.8, 4) is 5.69 Å². The molecule has 102 valence electrons. The summed E-state index contributed by atoms with van der Waals surface area (Å²) in [7, 11) is 0. The fourth-order valence-corrected chi connectivity index (χ4v) is 2.57. The van der Waals surface area contributed by atoms with Crippen LogP contribution in [0.3, 0.4) is 0 Å². The van der Waals surface area contributed by atoms with Crippen molar-refractivity contribution < 1.29 is 4.39 Å². The van der Waals surface area contributed by atoms with Crippen LogP contribution in [0.1, 0.15) is 5.82 Å². The maximum atomic E-state index is 13.6. The Bertz CT molecular complexity index is 753. The highest BCUT2D eigenvalue weighted by molar-refractivity contribution is 6.31. The number of nitrogens with zero attached hydrogens (tertiary/aromatic N) is 2. The summed E-state index contributed by atoms with van der Waals surface area (Å²) < 4.78 is 15.5. The van der Waals surface area contributed by atoms with Gasteiger partial charge in [0, 0.05) is 24.1 Å². The molecule has 0 spiro atoms. The second-order valence-electron chi connectivity index (χ2n) is 4.39.